The summed E-state index contributed by atoms with van der Waals surface area (Å²) in [5, 5.41) is 0. The van der Waals surface area contributed by atoms with Crippen LogP contribution in [0.15, 0.2) is 41.9 Å². The molecule has 0 radical (unpaired) electrons. The first-order valence-electron chi connectivity index (χ1n) is 6.28. The molecule has 1 aromatic carbocycles. The zero-order chi connectivity index (χ0) is 16.4. The van der Waals surface area contributed by atoms with E-state index in [2.05, 4.69) is 9.78 Å². The summed E-state index contributed by atoms with van der Waals surface area (Å²) >= 11 is 0. The lowest BCUT2D eigenvalue weighted by atomic mass is 9.99. The van der Waals surface area contributed by atoms with E-state index in [0.717, 1.165) is 0 Å². The monoisotopic (exact) mass is 316 g/mol. The summed E-state index contributed by atoms with van der Waals surface area (Å²) in [6, 6.07) is 8.93. The fourth-order valence-corrected chi connectivity index (χ4v) is 1.77. The Labute approximate surface area is 128 Å². The van der Waals surface area contributed by atoms with Crippen LogP contribution in [0.2, 0.25) is 0 Å². The van der Waals surface area contributed by atoms with Gasteiger partial charge in [0.1, 0.15) is 0 Å². The van der Waals surface area contributed by atoms with Crippen molar-refractivity contribution in [1.29, 1.82) is 0 Å². The van der Waals surface area contributed by atoms with E-state index in [9.17, 15) is 0 Å². The molecule has 0 N–H and O–H groups in total. The van der Waals surface area contributed by atoms with E-state index in [-0.39, 0.29) is 11.5 Å². The Hall–Kier alpha value is -1.68. The maximum Gasteiger partial charge on any atom is 0.357 e. The van der Waals surface area contributed by atoms with E-state index in [4.69, 9.17) is 29.3 Å². The number of hydrogen-bond donors (Lipinski definition) is 0. The van der Waals surface area contributed by atoms with Gasteiger partial charge in [-0.25, -0.2) is 9.78 Å². The first-order valence-corrected chi connectivity index (χ1v) is 6.28. The smallest absolute Gasteiger partial charge is 0.295 e. The molecule has 0 atom stereocenters. The Morgan fingerprint density at radius 2 is 1.27 bits per heavy atom. The molecule has 1 rings (SSSR count). The van der Waals surface area contributed by atoms with E-state index in [1.807, 2.05) is 6.07 Å². The first kappa shape index (κ1) is 18.4. The summed E-state index contributed by atoms with van der Waals surface area (Å²) < 4.78 is 0. The standard InChI is InChI=1S/C14H20O8/c1-11(13(19-15-2)20-16-3)14(21-17-4,22-18-5)12-9-7-6-8-10-12/h6-10H,1-5H3. The minimum Gasteiger partial charge on any atom is -0.295 e. The summed E-state index contributed by atoms with van der Waals surface area (Å²) in [5.41, 5.74) is 0.846. The molecule has 124 valence electrons. The molecule has 0 aliphatic rings. The van der Waals surface area contributed by atoms with Crippen LogP contribution in [0.5, 0.6) is 0 Å². The van der Waals surface area contributed by atoms with Gasteiger partial charge in [0, 0.05) is 5.56 Å². The molecule has 0 unspecified atom stereocenters. The summed E-state index contributed by atoms with van der Waals surface area (Å²) in [4.78, 5) is 39.3. The molecule has 0 fully saturated rings. The topological polar surface area (TPSA) is 73.8 Å². The second-order valence-corrected chi connectivity index (χ2v) is 3.90. The normalized spacial score (nSPS) is 11.1. The molecule has 8 nitrogen and oxygen atoms in total. The van der Waals surface area contributed by atoms with E-state index in [1.54, 1.807) is 31.2 Å². The van der Waals surface area contributed by atoms with Gasteiger partial charge < -0.3 is 0 Å². The zero-order valence-corrected chi connectivity index (χ0v) is 13.2. The van der Waals surface area contributed by atoms with Crippen molar-refractivity contribution >= 4 is 0 Å². The third-order valence-electron chi connectivity index (χ3n) is 2.67. The van der Waals surface area contributed by atoms with E-state index in [0.29, 0.717) is 5.56 Å². The molecule has 0 saturated carbocycles. The van der Waals surface area contributed by atoms with Gasteiger partial charge in [0.25, 0.3) is 5.79 Å². The Bertz CT molecular complexity index is 445. The minimum atomic E-state index is -1.60. The molecule has 0 heterocycles. The van der Waals surface area contributed by atoms with Gasteiger partial charge in [-0.2, -0.15) is 19.6 Å². The van der Waals surface area contributed by atoms with Crippen LogP contribution in [-0.2, 0) is 44.9 Å². The van der Waals surface area contributed by atoms with Crippen LogP contribution in [0.1, 0.15) is 12.5 Å². The van der Waals surface area contributed by atoms with Gasteiger partial charge in [0.05, 0.1) is 34.0 Å². The number of hydrogen-bond acceptors (Lipinski definition) is 8. The van der Waals surface area contributed by atoms with Gasteiger partial charge in [0.15, 0.2) is 0 Å². The molecule has 0 spiro atoms. The van der Waals surface area contributed by atoms with Crippen molar-refractivity contribution in [3.63, 3.8) is 0 Å². The highest BCUT2D eigenvalue weighted by molar-refractivity contribution is 5.29. The average Bonchev–Trinajstić information content (AvgIpc) is 2.54. The van der Waals surface area contributed by atoms with E-state index in [1.165, 1.54) is 28.4 Å². The lowest BCUT2D eigenvalue weighted by molar-refractivity contribution is -0.497. The Morgan fingerprint density at radius 3 is 1.68 bits per heavy atom. The van der Waals surface area contributed by atoms with Crippen molar-refractivity contribution in [3.05, 3.63) is 47.4 Å². The third-order valence-corrected chi connectivity index (χ3v) is 2.67. The molecular weight excluding hydrogens is 296 g/mol. The fraction of sp³-hybridized carbons (Fsp3) is 0.429. The van der Waals surface area contributed by atoms with Crippen LogP contribution in [0.4, 0.5) is 0 Å². The fourth-order valence-electron chi connectivity index (χ4n) is 1.77. The minimum absolute atomic E-state index is 0.136. The average molecular weight is 316 g/mol. The van der Waals surface area contributed by atoms with Crippen molar-refractivity contribution in [2.75, 3.05) is 28.4 Å². The van der Waals surface area contributed by atoms with Gasteiger partial charge in [0.2, 0.25) is 0 Å². The first-order chi connectivity index (χ1) is 10.7. The Balaban J connectivity index is 3.42. The maximum atomic E-state index is 5.32. The third kappa shape index (κ3) is 4.17. The SMILES string of the molecule is COOC(OOC)=C(C)C(OOC)(OOC)c1ccccc1. The summed E-state index contributed by atoms with van der Waals surface area (Å²) in [6.45, 7) is 1.61. The summed E-state index contributed by atoms with van der Waals surface area (Å²) in [6.07, 6.45) is 0. The Morgan fingerprint density at radius 1 is 0.773 bits per heavy atom. The number of benzene rings is 1. The molecule has 0 bridgehead atoms. The molecule has 0 aromatic heterocycles. The van der Waals surface area contributed by atoms with Crippen molar-refractivity contribution in [2.45, 2.75) is 12.7 Å². The highest BCUT2D eigenvalue weighted by Gasteiger charge is 2.44. The number of rotatable bonds is 10. The van der Waals surface area contributed by atoms with E-state index >= 15 is 0 Å². The molecule has 22 heavy (non-hydrogen) atoms. The van der Waals surface area contributed by atoms with E-state index < -0.39 is 5.79 Å². The zero-order valence-electron chi connectivity index (χ0n) is 13.2. The van der Waals surface area contributed by atoms with Crippen molar-refractivity contribution in [2.24, 2.45) is 0 Å². The van der Waals surface area contributed by atoms with Gasteiger partial charge in [-0.1, -0.05) is 30.3 Å². The van der Waals surface area contributed by atoms with Gasteiger partial charge in [-0.05, 0) is 6.92 Å². The van der Waals surface area contributed by atoms with Crippen LogP contribution >= 0.6 is 0 Å². The van der Waals surface area contributed by atoms with Crippen molar-refractivity contribution in [3.8, 4) is 0 Å². The van der Waals surface area contributed by atoms with Crippen molar-refractivity contribution in [1.82, 2.24) is 0 Å². The Kier molecular flexibility index (Phi) is 7.82. The second-order valence-electron chi connectivity index (χ2n) is 3.90. The predicted octanol–water partition coefficient (Wildman–Crippen LogP) is 2.38. The second kappa shape index (κ2) is 9.36. The summed E-state index contributed by atoms with van der Waals surface area (Å²) in [7, 11) is 5.28. The van der Waals surface area contributed by atoms with Gasteiger partial charge >= 0.3 is 5.95 Å². The highest BCUT2D eigenvalue weighted by Crippen LogP contribution is 2.37. The maximum absolute atomic E-state index is 5.32. The lowest BCUT2D eigenvalue weighted by Crippen LogP contribution is -2.35. The van der Waals surface area contributed by atoms with Crippen LogP contribution < -0.4 is 0 Å². The van der Waals surface area contributed by atoms with Gasteiger partial charge in [-0.3, -0.25) is 9.78 Å². The molecular formula is C14H20O8. The lowest BCUT2D eigenvalue weighted by Gasteiger charge is -2.30. The molecule has 0 aliphatic carbocycles. The molecule has 1 aromatic rings. The van der Waals surface area contributed by atoms with Crippen LogP contribution in [0, 0.1) is 0 Å². The van der Waals surface area contributed by atoms with Gasteiger partial charge in [-0.15, -0.1) is 0 Å². The van der Waals surface area contributed by atoms with Crippen LogP contribution in [0.25, 0.3) is 0 Å². The van der Waals surface area contributed by atoms with Crippen LogP contribution in [0.3, 0.4) is 0 Å². The summed E-state index contributed by atoms with van der Waals surface area (Å²) in [5.74, 6) is -1.74. The molecule has 0 amide bonds. The van der Waals surface area contributed by atoms with Crippen LogP contribution in [-0.4, -0.2) is 28.4 Å². The molecule has 0 aliphatic heterocycles. The molecule has 8 heteroatoms. The largest absolute Gasteiger partial charge is 0.357 e. The predicted molar refractivity (Wildman–Crippen MR) is 73.2 cm³/mol. The quantitative estimate of drug-likeness (QED) is 0.282. The highest BCUT2D eigenvalue weighted by atomic mass is 17.3. The molecule has 0 saturated heterocycles. The van der Waals surface area contributed by atoms with Crippen molar-refractivity contribution < 1.29 is 39.1 Å².